The Morgan fingerprint density at radius 1 is 1.35 bits per heavy atom. The van der Waals surface area contributed by atoms with E-state index in [1.807, 2.05) is 0 Å². The van der Waals surface area contributed by atoms with Crippen LogP contribution in [-0.4, -0.2) is 16.6 Å². The van der Waals surface area contributed by atoms with Gasteiger partial charge in [-0.15, -0.1) is 0 Å². The average Bonchev–Trinajstić information content (AvgIpc) is 2.75. The van der Waals surface area contributed by atoms with Crippen LogP contribution >= 0.6 is 27.5 Å². The zero-order chi connectivity index (χ0) is 11.8. The Bertz CT molecular complexity index is 571. The first-order chi connectivity index (χ1) is 8.25. The number of fused-ring (bicyclic) bond motifs is 1. The lowest BCUT2D eigenvalue weighted by atomic mass is 10.1. The van der Waals surface area contributed by atoms with Gasteiger partial charge in [0.1, 0.15) is 5.15 Å². The molecule has 6 heteroatoms. The number of furan rings is 1. The van der Waals surface area contributed by atoms with Crippen molar-refractivity contribution in [3.63, 3.8) is 0 Å². The highest BCUT2D eigenvalue weighted by Gasteiger charge is 2.19. The predicted molar refractivity (Wildman–Crippen MR) is 65.8 cm³/mol. The van der Waals surface area contributed by atoms with E-state index < -0.39 is 0 Å². The van der Waals surface area contributed by atoms with Gasteiger partial charge in [-0.05, 0) is 22.0 Å². The van der Waals surface area contributed by atoms with E-state index in [1.54, 1.807) is 12.3 Å². The van der Waals surface area contributed by atoms with Crippen LogP contribution in [0.1, 0.15) is 11.3 Å². The van der Waals surface area contributed by atoms with E-state index >= 15 is 0 Å². The molecule has 0 aromatic carbocycles. The summed E-state index contributed by atoms with van der Waals surface area (Å²) in [6.07, 6.45) is 2.34. The van der Waals surface area contributed by atoms with Crippen molar-refractivity contribution in [1.82, 2.24) is 9.97 Å². The second kappa shape index (κ2) is 4.40. The summed E-state index contributed by atoms with van der Waals surface area (Å²) in [5.41, 5.74) is 1.82. The normalized spacial score (nSPS) is 14.7. The topological polar surface area (TPSA) is 48.2 Å². The Morgan fingerprint density at radius 3 is 3.00 bits per heavy atom. The van der Waals surface area contributed by atoms with Crippen LogP contribution < -0.4 is 0 Å². The molecule has 0 unspecified atom stereocenters. The molecule has 0 N–H and O–H groups in total. The van der Waals surface area contributed by atoms with Crippen LogP contribution in [0, 0.1) is 0 Å². The molecular weight excluding hydrogens is 307 g/mol. The van der Waals surface area contributed by atoms with Gasteiger partial charge in [-0.2, -0.15) is 0 Å². The molecule has 0 fully saturated rings. The number of hydrogen-bond acceptors (Lipinski definition) is 4. The van der Waals surface area contributed by atoms with Gasteiger partial charge in [-0.1, -0.05) is 11.6 Å². The number of hydrogen-bond donors (Lipinski definition) is 0. The maximum atomic E-state index is 6.13. The highest BCUT2D eigenvalue weighted by Crippen LogP contribution is 2.30. The first-order valence-electron chi connectivity index (χ1n) is 5.12. The first kappa shape index (κ1) is 11.2. The Morgan fingerprint density at radius 2 is 2.24 bits per heavy atom. The van der Waals surface area contributed by atoms with Crippen LogP contribution in [0.2, 0.25) is 5.15 Å². The van der Waals surface area contributed by atoms with Crippen molar-refractivity contribution < 1.29 is 9.15 Å². The van der Waals surface area contributed by atoms with Gasteiger partial charge in [0.15, 0.2) is 11.6 Å². The molecule has 3 rings (SSSR count). The summed E-state index contributed by atoms with van der Waals surface area (Å²) in [5, 5.41) is 0.438. The number of ether oxygens (including phenoxy) is 1. The van der Waals surface area contributed by atoms with E-state index in [4.69, 9.17) is 20.8 Å². The molecule has 17 heavy (non-hydrogen) atoms. The van der Waals surface area contributed by atoms with Crippen LogP contribution in [-0.2, 0) is 17.8 Å². The minimum absolute atomic E-state index is 0.438. The maximum absolute atomic E-state index is 6.13. The lowest BCUT2D eigenvalue weighted by Gasteiger charge is -2.16. The third-order valence-electron chi connectivity index (χ3n) is 2.59. The lowest BCUT2D eigenvalue weighted by molar-refractivity contribution is 0.109. The largest absolute Gasteiger partial charge is 0.460 e. The third-order valence-corrected chi connectivity index (χ3v) is 3.53. The summed E-state index contributed by atoms with van der Waals surface area (Å²) < 4.78 is 11.5. The second-order valence-corrected chi connectivity index (χ2v) is 4.88. The average molecular weight is 316 g/mol. The van der Waals surface area contributed by atoms with Gasteiger partial charge < -0.3 is 9.15 Å². The smallest absolute Gasteiger partial charge is 0.198 e. The SMILES string of the molecule is Clc1nc(-c2occc2Br)nc2c1COCC2. The first-order valence-corrected chi connectivity index (χ1v) is 6.29. The minimum Gasteiger partial charge on any atom is -0.460 e. The maximum Gasteiger partial charge on any atom is 0.198 e. The zero-order valence-electron chi connectivity index (χ0n) is 8.74. The van der Waals surface area contributed by atoms with Crippen molar-refractivity contribution in [2.24, 2.45) is 0 Å². The zero-order valence-corrected chi connectivity index (χ0v) is 11.1. The van der Waals surface area contributed by atoms with Crippen molar-refractivity contribution in [3.05, 3.63) is 33.2 Å². The highest BCUT2D eigenvalue weighted by molar-refractivity contribution is 9.10. The Kier molecular flexibility index (Phi) is 2.90. The van der Waals surface area contributed by atoms with Gasteiger partial charge in [-0.25, -0.2) is 9.97 Å². The third kappa shape index (κ3) is 1.99. The van der Waals surface area contributed by atoms with E-state index in [0.717, 1.165) is 22.2 Å². The summed E-state index contributed by atoms with van der Waals surface area (Å²) in [5.74, 6) is 1.11. The molecule has 2 aromatic rings. The molecule has 0 aliphatic carbocycles. The number of aromatic nitrogens is 2. The van der Waals surface area contributed by atoms with Crippen LogP contribution in [0.4, 0.5) is 0 Å². The van der Waals surface area contributed by atoms with E-state index in [2.05, 4.69) is 25.9 Å². The molecule has 0 bridgehead atoms. The van der Waals surface area contributed by atoms with Gasteiger partial charge >= 0.3 is 0 Å². The summed E-state index contributed by atoms with van der Waals surface area (Å²) >= 11 is 9.51. The summed E-state index contributed by atoms with van der Waals surface area (Å²) in [4.78, 5) is 8.72. The van der Waals surface area contributed by atoms with Gasteiger partial charge in [0.2, 0.25) is 0 Å². The van der Waals surface area contributed by atoms with Gasteiger partial charge in [0.25, 0.3) is 0 Å². The van der Waals surface area contributed by atoms with Crippen molar-refractivity contribution in [1.29, 1.82) is 0 Å². The molecule has 0 radical (unpaired) electrons. The van der Waals surface area contributed by atoms with Crippen molar-refractivity contribution in [2.45, 2.75) is 13.0 Å². The number of rotatable bonds is 1. The van der Waals surface area contributed by atoms with E-state index in [-0.39, 0.29) is 0 Å². The molecular formula is C11H8BrClN2O2. The van der Waals surface area contributed by atoms with Crippen molar-refractivity contribution in [2.75, 3.05) is 6.61 Å². The number of halogens is 2. The Hall–Kier alpha value is -0.910. The molecule has 4 nitrogen and oxygen atoms in total. The molecule has 0 spiro atoms. The fraction of sp³-hybridized carbons (Fsp3) is 0.273. The minimum atomic E-state index is 0.438. The van der Waals surface area contributed by atoms with Crippen LogP contribution in [0.15, 0.2) is 21.2 Å². The summed E-state index contributed by atoms with van der Waals surface area (Å²) in [6, 6.07) is 1.80. The van der Waals surface area contributed by atoms with Gasteiger partial charge in [0, 0.05) is 12.0 Å². The fourth-order valence-electron chi connectivity index (χ4n) is 1.75. The number of nitrogens with zero attached hydrogens (tertiary/aromatic N) is 2. The van der Waals surface area contributed by atoms with Crippen molar-refractivity contribution in [3.8, 4) is 11.6 Å². The standard InChI is InChI=1S/C11H8BrClN2O2/c12-7-1-4-17-9(7)11-14-8-2-3-16-5-6(8)10(13)15-11/h1,4H,2-3,5H2. The fourth-order valence-corrected chi connectivity index (χ4v) is 2.37. The molecule has 1 aliphatic heterocycles. The Labute approximate surface area is 111 Å². The molecule has 0 saturated heterocycles. The summed E-state index contributed by atoms with van der Waals surface area (Å²) in [7, 11) is 0. The quantitative estimate of drug-likeness (QED) is 0.758. The Balaban J connectivity index is 2.14. The van der Waals surface area contributed by atoms with Gasteiger partial charge in [0.05, 0.1) is 29.6 Å². The van der Waals surface area contributed by atoms with E-state index in [9.17, 15) is 0 Å². The highest BCUT2D eigenvalue weighted by atomic mass is 79.9. The molecule has 3 heterocycles. The molecule has 2 aromatic heterocycles. The monoisotopic (exact) mass is 314 g/mol. The van der Waals surface area contributed by atoms with Crippen molar-refractivity contribution >= 4 is 27.5 Å². The molecule has 0 saturated carbocycles. The van der Waals surface area contributed by atoms with Crippen LogP contribution in [0.25, 0.3) is 11.6 Å². The molecule has 1 aliphatic rings. The molecule has 0 amide bonds. The second-order valence-electron chi connectivity index (χ2n) is 3.66. The predicted octanol–water partition coefficient (Wildman–Crippen LogP) is 3.23. The molecule has 88 valence electrons. The van der Waals surface area contributed by atoms with E-state index in [1.165, 1.54) is 0 Å². The van der Waals surface area contributed by atoms with E-state index in [0.29, 0.717) is 30.0 Å². The van der Waals surface area contributed by atoms with Gasteiger partial charge in [-0.3, -0.25) is 0 Å². The lowest BCUT2D eigenvalue weighted by Crippen LogP contribution is -2.14. The molecule has 0 atom stereocenters. The van der Waals surface area contributed by atoms with Crippen LogP contribution in [0.5, 0.6) is 0 Å². The van der Waals surface area contributed by atoms with Crippen LogP contribution in [0.3, 0.4) is 0 Å². The summed E-state index contributed by atoms with van der Waals surface area (Å²) in [6.45, 7) is 1.15.